The quantitative estimate of drug-likeness (QED) is 0.924. The van der Waals surface area contributed by atoms with Gasteiger partial charge in [-0.1, -0.05) is 0 Å². The first-order valence-electron chi connectivity index (χ1n) is 7.92. The summed E-state index contributed by atoms with van der Waals surface area (Å²) in [6, 6.07) is 2.20. The lowest BCUT2D eigenvalue weighted by molar-refractivity contribution is 0.423. The topological polar surface area (TPSA) is 28.2 Å². The van der Waals surface area contributed by atoms with Gasteiger partial charge in [0, 0.05) is 42.2 Å². The van der Waals surface area contributed by atoms with Crippen molar-refractivity contribution in [2.24, 2.45) is 0 Å². The van der Waals surface area contributed by atoms with Crippen LogP contribution in [0.5, 0.6) is 0 Å². The van der Waals surface area contributed by atoms with E-state index in [-0.39, 0.29) is 5.54 Å². The summed E-state index contributed by atoms with van der Waals surface area (Å²) in [5.41, 5.74) is 3.97. The Morgan fingerprint density at radius 3 is 2.71 bits per heavy atom. The summed E-state index contributed by atoms with van der Waals surface area (Å²) in [5, 5.41) is 3.62. The normalized spacial score (nSPS) is 16.9. The fourth-order valence-corrected chi connectivity index (χ4v) is 3.52. The Morgan fingerprint density at radius 1 is 1.24 bits per heavy atom. The molecule has 0 aromatic carbocycles. The van der Waals surface area contributed by atoms with Gasteiger partial charge in [0.1, 0.15) is 5.82 Å². The monoisotopic (exact) mass is 307 g/mol. The highest BCUT2D eigenvalue weighted by molar-refractivity contribution is 7.99. The molecule has 118 valence electrons. The van der Waals surface area contributed by atoms with Crippen LogP contribution in [-0.2, 0) is 6.54 Å². The molecule has 21 heavy (non-hydrogen) atoms. The molecule has 0 spiro atoms. The zero-order chi connectivity index (χ0) is 15.5. The zero-order valence-corrected chi connectivity index (χ0v) is 14.9. The second-order valence-electron chi connectivity index (χ2n) is 6.94. The van der Waals surface area contributed by atoms with E-state index in [2.05, 4.69) is 62.7 Å². The SMILES string of the molecule is Cc1cc(C)c(CNC(C)(C)C)c(N2CCCSCC2)n1. The molecule has 1 aromatic heterocycles. The standard InChI is InChI=1S/C17H29N3S/c1-13-11-14(2)19-16(15(13)12-18-17(3,4)5)20-7-6-9-21-10-8-20/h11,18H,6-10,12H2,1-5H3. The molecule has 4 heteroatoms. The van der Waals surface area contributed by atoms with E-state index in [1.165, 1.54) is 34.9 Å². The number of hydrogen-bond donors (Lipinski definition) is 1. The van der Waals surface area contributed by atoms with Crippen LogP contribution in [0.4, 0.5) is 5.82 Å². The van der Waals surface area contributed by atoms with Crippen molar-refractivity contribution in [3.63, 3.8) is 0 Å². The molecule has 1 fully saturated rings. The minimum atomic E-state index is 0.128. The van der Waals surface area contributed by atoms with Gasteiger partial charge in [-0.15, -0.1) is 0 Å². The summed E-state index contributed by atoms with van der Waals surface area (Å²) in [4.78, 5) is 7.36. The van der Waals surface area contributed by atoms with Crippen LogP contribution in [0.1, 0.15) is 44.0 Å². The first-order chi connectivity index (χ1) is 9.87. The third kappa shape index (κ3) is 4.89. The van der Waals surface area contributed by atoms with Gasteiger partial charge in [-0.05, 0) is 58.4 Å². The van der Waals surface area contributed by atoms with E-state index in [1.807, 2.05) is 0 Å². The van der Waals surface area contributed by atoms with Gasteiger partial charge in [0.05, 0.1) is 0 Å². The van der Waals surface area contributed by atoms with Crippen molar-refractivity contribution in [2.45, 2.75) is 53.1 Å². The smallest absolute Gasteiger partial charge is 0.133 e. The van der Waals surface area contributed by atoms with Crippen LogP contribution in [0.25, 0.3) is 0 Å². The lowest BCUT2D eigenvalue weighted by Gasteiger charge is -2.28. The summed E-state index contributed by atoms with van der Waals surface area (Å²) < 4.78 is 0. The highest BCUT2D eigenvalue weighted by atomic mass is 32.2. The summed E-state index contributed by atoms with van der Waals surface area (Å²) in [6.45, 7) is 14.1. The number of anilines is 1. The Morgan fingerprint density at radius 2 is 2.00 bits per heavy atom. The highest BCUT2D eigenvalue weighted by Gasteiger charge is 2.19. The molecule has 1 aromatic rings. The van der Waals surface area contributed by atoms with Crippen molar-refractivity contribution in [3.8, 4) is 0 Å². The molecule has 3 nitrogen and oxygen atoms in total. The number of nitrogens with zero attached hydrogens (tertiary/aromatic N) is 2. The average Bonchev–Trinajstić information content (AvgIpc) is 2.64. The largest absolute Gasteiger partial charge is 0.355 e. The van der Waals surface area contributed by atoms with Crippen LogP contribution < -0.4 is 10.2 Å². The lowest BCUT2D eigenvalue weighted by Crippen LogP contribution is -2.36. The van der Waals surface area contributed by atoms with Crippen molar-refractivity contribution in [2.75, 3.05) is 29.5 Å². The fraction of sp³-hybridized carbons (Fsp3) is 0.706. The van der Waals surface area contributed by atoms with Gasteiger partial charge in [0.25, 0.3) is 0 Å². The van der Waals surface area contributed by atoms with Crippen molar-refractivity contribution in [1.82, 2.24) is 10.3 Å². The summed E-state index contributed by atoms with van der Waals surface area (Å²) >= 11 is 2.06. The molecule has 0 radical (unpaired) electrons. The van der Waals surface area contributed by atoms with E-state index >= 15 is 0 Å². The van der Waals surface area contributed by atoms with E-state index in [9.17, 15) is 0 Å². The molecule has 1 aliphatic rings. The number of aryl methyl sites for hydroxylation is 2. The van der Waals surface area contributed by atoms with Crippen molar-refractivity contribution < 1.29 is 0 Å². The molecule has 0 saturated carbocycles. The van der Waals surface area contributed by atoms with E-state index in [0.29, 0.717) is 0 Å². The molecule has 0 unspecified atom stereocenters. The molecular formula is C17H29N3S. The average molecular weight is 308 g/mol. The Bertz CT molecular complexity index is 472. The number of aromatic nitrogens is 1. The van der Waals surface area contributed by atoms with E-state index in [0.717, 1.165) is 25.3 Å². The van der Waals surface area contributed by atoms with Crippen LogP contribution in [0, 0.1) is 13.8 Å². The molecule has 0 amide bonds. The maximum absolute atomic E-state index is 4.88. The predicted octanol–water partition coefficient (Wildman–Crippen LogP) is 3.53. The van der Waals surface area contributed by atoms with Crippen LogP contribution in [0.15, 0.2) is 6.07 Å². The van der Waals surface area contributed by atoms with Gasteiger partial charge in [0.2, 0.25) is 0 Å². The molecular weight excluding hydrogens is 278 g/mol. The van der Waals surface area contributed by atoms with Crippen molar-refractivity contribution in [3.05, 3.63) is 22.9 Å². The molecule has 1 N–H and O–H groups in total. The third-order valence-electron chi connectivity index (χ3n) is 3.77. The minimum absolute atomic E-state index is 0.128. The van der Waals surface area contributed by atoms with Gasteiger partial charge in [-0.3, -0.25) is 0 Å². The Hall–Kier alpha value is -0.740. The number of nitrogens with one attached hydrogen (secondary N) is 1. The first kappa shape index (κ1) is 16.6. The van der Waals surface area contributed by atoms with Gasteiger partial charge >= 0.3 is 0 Å². The van der Waals surface area contributed by atoms with Crippen LogP contribution in [-0.4, -0.2) is 35.1 Å². The van der Waals surface area contributed by atoms with Gasteiger partial charge in [-0.2, -0.15) is 11.8 Å². The second kappa shape index (κ2) is 7.01. The highest BCUT2D eigenvalue weighted by Crippen LogP contribution is 2.25. The number of pyridine rings is 1. The van der Waals surface area contributed by atoms with Crippen LogP contribution in [0.3, 0.4) is 0 Å². The summed E-state index contributed by atoms with van der Waals surface area (Å²) in [7, 11) is 0. The fourth-order valence-electron chi connectivity index (χ4n) is 2.64. The van der Waals surface area contributed by atoms with Gasteiger partial charge in [0.15, 0.2) is 0 Å². The first-order valence-corrected chi connectivity index (χ1v) is 9.07. The number of thioether (sulfide) groups is 1. The number of hydrogen-bond acceptors (Lipinski definition) is 4. The van der Waals surface area contributed by atoms with Gasteiger partial charge < -0.3 is 10.2 Å². The van der Waals surface area contributed by atoms with E-state index < -0.39 is 0 Å². The summed E-state index contributed by atoms with van der Waals surface area (Å²) in [6.07, 6.45) is 1.26. The lowest BCUT2D eigenvalue weighted by atomic mass is 10.0. The maximum Gasteiger partial charge on any atom is 0.133 e. The molecule has 0 atom stereocenters. The van der Waals surface area contributed by atoms with Crippen molar-refractivity contribution in [1.29, 1.82) is 0 Å². The second-order valence-corrected chi connectivity index (χ2v) is 8.16. The zero-order valence-electron chi connectivity index (χ0n) is 14.1. The predicted molar refractivity (Wildman–Crippen MR) is 94.5 cm³/mol. The Kier molecular flexibility index (Phi) is 5.55. The molecule has 2 rings (SSSR count). The Balaban J connectivity index is 2.28. The van der Waals surface area contributed by atoms with Crippen molar-refractivity contribution >= 4 is 17.6 Å². The Labute approximate surface area is 133 Å². The summed E-state index contributed by atoms with van der Waals surface area (Å²) in [5.74, 6) is 3.68. The van der Waals surface area contributed by atoms with Crippen LogP contribution in [0.2, 0.25) is 0 Å². The van der Waals surface area contributed by atoms with Crippen LogP contribution >= 0.6 is 11.8 Å². The molecule has 0 bridgehead atoms. The van der Waals surface area contributed by atoms with E-state index in [4.69, 9.17) is 4.98 Å². The van der Waals surface area contributed by atoms with Gasteiger partial charge in [-0.25, -0.2) is 4.98 Å². The molecule has 1 saturated heterocycles. The maximum atomic E-state index is 4.88. The van der Waals surface area contributed by atoms with E-state index in [1.54, 1.807) is 0 Å². The third-order valence-corrected chi connectivity index (χ3v) is 4.82. The minimum Gasteiger partial charge on any atom is -0.355 e. The number of rotatable bonds is 3. The molecule has 0 aliphatic carbocycles. The molecule has 1 aliphatic heterocycles. The molecule has 2 heterocycles.